The van der Waals surface area contributed by atoms with Gasteiger partial charge in [0.25, 0.3) is 5.95 Å². The van der Waals surface area contributed by atoms with Crippen molar-refractivity contribution in [1.29, 1.82) is 0 Å². The van der Waals surface area contributed by atoms with E-state index < -0.39 is 0 Å². The van der Waals surface area contributed by atoms with Crippen LogP contribution in [-0.4, -0.2) is 44.8 Å². The monoisotopic (exact) mass is 392 g/mol. The molecule has 1 aliphatic rings. The Labute approximate surface area is 166 Å². The number of hydrogen-bond acceptors (Lipinski definition) is 5. The minimum absolute atomic E-state index is 0. The molecule has 1 aliphatic heterocycles. The molecular weight excluding hydrogens is 364 g/mol. The topological polar surface area (TPSA) is 84.7 Å². The molecule has 2 aromatic rings. The zero-order valence-corrected chi connectivity index (χ0v) is 17.5. The van der Waals surface area contributed by atoms with Gasteiger partial charge in [-0.1, -0.05) is 6.92 Å². The summed E-state index contributed by atoms with van der Waals surface area (Å²) in [6.07, 6.45) is 1.41. The maximum Gasteiger partial charge on any atom is 0.251 e. The predicted molar refractivity (Wildman–Crippen MR) is 108 cm³/mol. The van der Waals surface area contributed by atoms with Crippen LogP contribution in [0.5, 0.6) is 0 Å². The number of aromatic nitrogens is 4. The highest BCUT2D eigenvalue weighted by Crippen LogP contribution is 2.18. The molecule has 0 saturated carbocycles. The van der Waals surface area contributed by atoms with Crippen molar-refractivity contribution >= 4 is 18.3 Å². The van der Waals surface area contributed by atoms with E-state index in [1.165, 1.54) is 0 Å². The van der Waals surface area contributed by atoms with Crippen molar-refractivity contribution in [3.63, 3.8) is 0 Å². The maximum atomic E-state index is 12.6. The fourth-order valence-corrected chi connectivity index (χ4v) is 3.53. The third kappa shape index (κ3) is 4.84. The van der Waals surface area contributed by atoms with Crippen molar-refractivity contribution < 1.29 is 4.79 Å². The standard InChI is InChI=1S/C19H28N6O.ClH/c1-11-6-7-20-10-17(11)23-18(26)9-16-14(4)24-25(15(16)5)19-21-12(2)8-13(3)22-19;/h8,11,17,20H,6-7,9-10H2,1-5H3,(H,23,26);1H. The highest BCUT2D eigenvalue weighted by molar-refractivity contribution is 5.85. The first-order valence-corrected chi connectivity index (χ1v) is 9.23. The lowest BCUT2D eigenvalue weighted by atomic mass is 9.94. The van der Waals surface area contributed by atoms with E-state index in [0.29, 0.717) is 18.3 Å². The van der Waals surface area contributed by atoms with Gasteiger partial charge >= 0.3 is 0 Å². The fraction of sp³-hybridized carbons (Fsp3) is 0.579. The summed E-state index contributed by atoms with van der Waals surface area (Å²) < 4.78 is 1.74. The van der Waals surface area contributed by atoms with Gasteiger partial charge in [0.05, 0.1) is 12.1 Å². The maximum absolute atomic E-state index is 12.6. The van der Waals surface area contributed by atoms with Crippen LogP contribution in [-0.2, 0) is 11.2 Å². The number of rotatable bonds is 4. The van der Waals surface area contributed by atoms with Crippen molar-refractivity contribution in [3.8, 4) is 5.95 Å². The molecule has 148 valence electrons. The molecule has 3 heterocycles. The summed E-state index contributed by atoms with van der Waals surface area (Å²) in [5.41, 5.74) is 4.51. The van der Waals surface area contributed by atoms with E-state index in [-0.39, 0.29) is 24.4 Å². The first kappa shape index (κ1) is 21.3. The molecule has 1 saturated heterocycles. The molecular formula is C19H29ClN6O. The Morgan fingerprint density at radius 3 is 2.56 bits per heavy atom. The number of halogens is 1. The number of hydrogen-bond donors (Lipinski definition) is 2. The summed E-state index contributed by atoms with van der Waals surface area (Å²) in [7, 11) is 0. The summed E-state index contributed by atoms with van der Waals surface area (Å²) >= 11 is 0. The number of piperidine rings is 1. The quantitative estimate of drug-likeness (QED) is 0.831. The van der Waals surface area contributed by atoms with Crippen molar-refractivity contribution in [2.75, 3.05) is 13.1 Å². The lowest BCUT2D eigenvalue weighted by Gasteiger charge is -2.30. The average molecular weight is 393 g/mol. The van der Waals surface area contributed by atoms with Crippen LogP contribution in [0.2, 0.25) is 0 Å². The smallest absolute Gasteiger partial charge is 0.251 e. The van der Waals surface area contributed by atoms with Crippen LogP contribution >= 0.6 is 12.4 Å². The molecule has 2 unspecified atom stereocenters. The van der Waals surface area contributed by atoms with Gasteiger partial charge in [-0.2, -0.15) is 5.10 Å². The first-order valence-electron chi connectivity index (χ1n) is 9.23. The zero-order chi connectivity index (χ0) is 18.8. The SMILES string of the molecule is Cc1cc(C)nc(-n2nc(C)c(CC(=O)NC3CNCCC3C)c2C)n1.Cl. The summed E-state index contributed by atoms with van der Waals surface area (Å²) in [6.45, 7) is 11.8. The minimum Gasteiger partial charge on any atom is -0.352 e. The molecule has 2 atom stereocenters. The van der Waals surface area contributed by atoms with Gasteiger partial charge in [0.15, 0.2) is 0 Å². The van der Waals surface area contributed by atoms with Crippen LogP contribution < -0.4 is 10.6 Å². The Balaban J connectivity index is 0.00000261. The van der Waals surface area contributed by atoms with Gasteiger partial charge in [0.1, 0.15) is 0 Å². The number of carbonyl (C=O) groups is 1. The van der Waals surface area contributed by atoms with E-state index in [1.807, 2.05) is 33.8 Å². The zero-order valence-electron chi connectivity index (χ0n) is 16.7. The largest absolute Gasteiger partial charge is 0.352 e. The van der Waals surface area contributed by atoms with Gasteiger partial charge in [0, 0.05) is 35.2 Å². The molecule has 1 amide bonds. The second-order valence-corrected chi connectivity index (χ2v) is 7.33. The van der Waals surface area contributed by atoms with Crippen LogP contribution in [0.4, 0.5) is 0 Å². The number of amides is 1. The third-order valence-electron chi connectivity index (χ3n) is 5.11. The number of nitrogens with one attached hydrogen (secondary N) is 2. The van der Waals surface area contributed by atoms with Crippen molar-refractivity contribution in [2.24, 2.45) is 5.92 Å². The molecule has 0 radical (unpaired) electrons. The Hall–Kier alpha value is -1.99. The highest BCUT2D eigenvalue weighted by Gasteiger charge is 2.24. The summed E-state index contributed by atoms with van der Waals surface area (Å²) in [5, 5.41) is 11.1. The Morgan fingerprint density at radius 2 is 1.93 bits per heavy atom. The van der Waals surface area contributed by atoms with Crippen LogP contribution in [0.3, 0.4) is 0 Å². The number of carbonyl (C=O) groups excluding carboxylic acids is 1. The third-order valence-corrected chi connectivity index (χ3v) is 5.11. The van der Waals surface area contributed by atoms with E-state index in [2.05, 4.69) is 32.6 Å². The Morgan fingerprint density at radius 1 is 1.26 bits per heavy atom. The molecule has 0 aromatic carbocycles. The number of aryl methyl sites for hydroxylation is 3. The van der Waals surface area contributed by atoms with E-state index in [1.54, 1.807) is 4.68 Å². The van der Waals surface area contributed by atoms with Crippen molar-refractivity contribution in [3.05, 3.63) is 34.4 Å². The fourth-order valence-electron chi connectivity index (χ4n) is 3.53. The molecule has 0 spiro atoms. The van der Waals surface area contributed by atoms with Crippen LogP contribution in [0.1, 0.15) is 41.7 Å². The van der Waals surface area contributed by atoms with E-state index in [0.717, 1.165) is 47.8 Å². The van der Waals surface area contributed by atoms with Gasteiger partial charge < -0.3 is 10.6 Å². The molecule has 8 heteroatoms. The molecule has 0 aliphatic carbocycles. The summed E-state index contributed by atoms with van der Waals surface area (Å²) in [5.74, 6) is 1.09. The molecule has 7 nitrogen and oxygen atoms in total. The minimum atomic E-state index is 0. The average Bonchev–Trinajstić information content (AvgIpc) is 2.84. The lowest BCUT2D eigenvalue weighted by molar-refractivity contribution is -0.121. The van der Waals surface area contributed by atoms with Crippen LogP contribution in [0.25, 0.3) is 5.95 Å². The van der Waals surface area contributed by atoms with Crippen LogP contribution in [0.15, 0.2) is 6.07 Å². The predicted octanol–water partition coefficient (Wildman–Crippen LogP) is 1.97. The van der Waals surface area contributed by atoms with Crippen molar-refractivity contribution in [2.45, 2.75) is 53.5 Å². The number of nitrogens with zero attached hydrogens (tertiary/aromatic N) is 4. The van der Waals surface area contributed by atoms with Gasteiger partial charge in [-0.3, -0.25) is 4.79 Å². The molecule has 3 rings (SSSR count). The van der Waals surface area contributed by atoms with E-state index >= 15 is 0 Å². The lowest BCUT2D eigenvalue weighted by Crippen LogP contribution is -2.50. The Bertz CT molecular complexity index is 799. The Kier molecular flexibility index (Phi) is 6.95. The van der Waals surface area contributed by atoms with Gasteiger partial charge in [-0.15, -0.1) is 12.4 Å². The van der Waals surface area contributed by atoms with E-state index in [9.17, 15) is 4.79 Å². The highest BCUT2D eigenvalue weighted by atomic mass is 35.5. The normalized spacial score (nSPS) is 19.4. The second kappa shape index (κ2) is 8.80. The van der Waals surface area contributed by atoms with Gasteiger partial charge in [-0.25, -0.2) is 14.6 Å². The molecule has 2 aromatic heterocycles. The summed E-state index contributed by atoms with van der Waals surface area (Å²) in [4.78, 5) is 21.5. The molecule has 1 fully saturated rings. The first-order chi connectivity index (χ1) is 12.3. The van der Waals surface area contributed by atoms with E-state index in [4.69, 9.17) is 0 Å². The van der Waals surface area contributed by atoms with Gasteiger partial charge in [0.2, 0.25) is 5.91 Å². The van der Waals surface area contributed by atoms with Gasteiger partial charge in [-0.05, 0) is 52.6 Å². The summed E-state index contributed by atoms with van der Waals surface area (Å²) in [6, 6.07) is 2.12. The van der Waals surface area contributed by atoms with Crippen molar-refractivity contribution in [1.82, 2.24) is 30.4 Å². The van der Waals surface area contributed by atoms with Crippen LogP contribution in [0, 0.1) is 33.6 Å². The molecule has 0 bridgehead atoms. The molecule has 27 heavy (non-hydrogen) atoms. The molecule has 2 N–H and O–H groups in total. The second-order valence-electron chi connectivity index (χ2n) is 7.33.